The Hall–Kier alpha value is -0.100. The van der Waals surface area contributed by atoms with Crippen LogP contribution in [0.1, 0.15) is 71.1 Å². The Morgan fingerprint density at radius 3 is 1.96 bits per heavy atom. The summed E-state index contributed by atoms with van der Waals surface area (Å²) in [5, 5.41) is 0.230. The molecule has 0 spiro atoms. The van der Waals surface area contributed by atoms with Crippen LogP contribution >= 0.6 is 23.4 Å². The first-order valence-corrected chi connectivity index (χ1v) is 11.1. The van der Waals surface area contributed by atoms with Gasteiger partial charge in [0.15, 0.2) is 10.9 Å². The molecule has 0 aromatic carbocycles. The van der Waals surface area contributed by atoms with E-state index in [2.05, 4.69) is 0 Å². The molecule has 0 saturated heterocycles. The average molecular weight is 395 g/mol. The zero-order valence-corrected chi connectivity index (χ0v) is 17.3. The van der Waals surface area contributed by atoms with Crippen molar-refractivity contribution >= 4 is 34.3 Å². The number of rotatable bonds is 19. The molecule has 0 aliphatic heterocycles. The van der Waals surface area contributed by atoms with Gasteiger partial charge in [-0.15, -0.1) is 11.6 Å². The fraction of sp³-hybridized carbons (Fsp3) is 0.895. The quantitative estimate of drug-likeness (QED) is 0.228. The third kappa shape index (κ3) is 21.9. The lowest BCUT2D eigenvalue weighted by atomic mass is 10.1. The van der Waals surface area contributed by atoms with E-state index in [0.717, 1.165) is 25.2 Å². The van der Waals surface area contributed by atoms with E-state index in [4.69, 9.17) is 21.1 Å². The standard InChI is InChI=1S/C19H35ClO4S/c1-18(21)25-16-10-8-6-4-2-3-5-7-9-13-23-14-15-24-17-19(22)11-12-20/h2-17H2,1H3. The molecule has 0 rings (SSSR count). The second kappa shape index (κ2) is 20.2. The smallest absolute Gasteiger partial charge is 0.185 e. The highest BCUT2D eigenvalue weighted by Gasteiger charge is 2.00. The maximum Gasteiger partial charge on any atom is 0.185 e. The minimum Gasteiger partial charge on any atom is -0.379 e. The molecule has 6 heteroatoms. The van der Waals surface area contributed by atoms with Crippen LogP contribution in [0.4, 0.5) is 0 Å². The molecule has 4 nitrogen and oxygen atoms in total. The lowest BCUT2D eigenvalue weighted by molar-refractivity contribution is -0.123. The number of thioether (sulfide) groups is 1. The van der Waals surface area contributed by atoms with Gasteiger partial charge in [-0.3, -0.25) is 9.59 Å². The summed E-state index contributed by atoms with van der Waals surface area (Å²) in [6, 6.07) is 0. The monoisotopic (exact) mass is 394 g/mol. The molecule has 0 heterocycles. The number of ether oxygens (including phenoxy) is 2. The van der Waals surface area contributed by atoms with Gasteiger partial charge in [0.2, 0.25) is 0 Å². The lowest BCUT2D eigenvalue weighted by Crippen LogP contribution is -2.12. The summed E-state index contributed by atoms with van der Waals surface area (Å²) >= 11 is 6.91. The molecular weight excluding hydrogens is 360 g/mol. The molecule has 148 valence electrons. The maximum absolute atomic E-state index is 11.2. The first kappa shape index (κ1) is 24.9. The highest BCUT2D eigenvalue weighted by atomic mass is 35.5. The highest BCUT2D eigenvalue weighted by molar-refractivity contribution is 8.13. The number of carbonyl (C=O) groups is 2. The van der Waals surface area contributed by atoms with Gasteiger partial charge >= 0.3 is 0 Å². The number of unbranched alkanes of at least 4 members (excludes halogenated alkanes) is 8. The van der Waals surface area contributed by atoms with Crippen molar-refractivity contribution in [3.63, 3.8) is 0 Å². The third-order valence-corrected chi connectivity index (χ3v) is 4.84. The van der Waals surface area contributed by atoms with Gasteiger partial charge in [-0.1, -0.05) is 56.7 Å². The van der Waals surface area contributed by atoms with E-state index < -0.39 is 0 Å². The Kier molecular flexibility index (Phi) is 20.1. The Morgan fingerprint density at radius 2 is 1.36 bits per heavy atom. The van der Waals surface area contributed by atoms with Gasteiger partial charge < -0.3 is 9.47 Å². The van der Waals surface area contributed by atoms with Crippen molar-refractivity contribution in [1.29, 1.82) is 0 Å². The van der Waals surface area contributed by atoms with E-state index in [1.54, 1.807) is 6.92 Å². The van der Waals surface area contributed by atoms with E-state index in [1.807, 2.05) is 0 Å². The van der Waals surface area contributed by atoms with Crippen LogP contribution in [0.2, 0.25) is 0 Å². The fourth-order valence-corrected chi connectivity index (χ4v) is 3.19. The molecule has 0 unspecified atom stereocenters. The molecule has 0 atom stereocenters. The number of Topliss-reactive ketones (excluding diaryl/α,β-unsaturated/α-hetero) is 1. The Balaban J connectivity index is 3.05. The van der Waals surface area contributed by atoms with Crippen LogP contribution in [-0.4, -0.2) is 49.0 Å². The molecule has 25 heavy (non-hydrogen) atoms. The van der Waals surface area contributed by atoms with Crippen molar-refractivity contribution in [3.8, 4) is 0 Å². The number of ketones is 1. The van der Waals surface area contributed by atoms with Crippen LogP contribution < -0.4 is 0 Å². The second-order valence-electron chi connectivity index (χ2n) is 6.16. The molecule has 0 radical (unpaired) electrons. The zero-order chi connectivity index (χ0) is 18.6. The van der Waals surface area contributed by atoms with Gasteiger partial charge in [0.1, 0.15) is 6.61 Å². The Labute approximate surface area is 162 Å². The second-order valence-corrected chi connectivity index (χ2v) is 7.81. The van der Waals surface area contributed by atoms with Crippen LogP contribution in [0.3, 0.4) is 0 Å². The predicted molar refractivity (Wildman–Crippen MR) is 107 cm³/mol. The van der Waals surface area contributed by atoms with Crippen molar-refractivity contribution in [3.05, 3.63) is 0 Å². The molecular formula is C19H35ClO4S. The van der Waals surface area contributed by atoms with Gasteiger partial charge in [-0.05, 0) is 12.8 Å². The maximum atomic E-state index is 11.2. The number of hydrogen-bond donors (Lipinski definition) is 0. The summed E-state index contributed by atoms with van der Waals surface area (Å²) in [7, 11) is 0. The van der Waals surface area contributed by atoms with Crippen LogP contribution in [0.5, 0.6) is 0 Å². The van der Waals surface area contributed by atoms with Crippen LogP contribution in [0.15, 0.2) is 0 Å². The number of alkyl halides is 1. The molecule has 0 N–H and O–H groups in total. The molecule has 0 bridgehead atoms. The number of halogens is 1. The summed E-state index contributed by atoms with van der Waals surface area (Å²) in [5.41, 5.74) is 0. The molecule has 0 aromatic rings. The summed E-state index contributed by atoms with van der Waals surface area (Å²) in [5.74, 6) is 1.38. The van der Waals surface area contributed by atoms with Crippen molar-refractivity contribution in [2.45, 2.75) is 71.1 Å². The third-order valence-electron chi connectivity index (χ3n) is 3.75. The van der Waals surface area contributed by atoms with Crippen molar-refractivity contribution in [2.24, 2.45) is 0 Å². The highest BCUT2D eigenvalue weighted by Crippen LogP contribution is 2.12. The van der Waals surface area contributed by atoms with E-state index >= 15 is 0 Å². The van der Waals surface area contributed by atoms with Gasteiger partial charge in [-0.25, -0.2) is 0 Å². The summed E-state index contributed by atoms with van der Waals surface area (Å²) in [6.45, 7) is 3.57. The van der Waals surface area contributed by atoms with Gasteiger partial charge in [-0.2, -0.15) is 0 Å². The SMILES string of the molecule is CC(=O)SCCCCCCCCCCCOCCOCC(=O)CCCl. The zero-order valence-electron chi connectivity index (χ0n) is 15.7. The van der Waals surface area contributed by atoms with E-state index in [-0.39, 0.29) is 17.5 Å². The topological polar surface area (TPSA) is 52.6 Å². The molecule has 0 amide bonds. The van der Waals surface area contributed by atoms with Crippen molar-refractivity contribution in [2.75, 3.05) is 38.1 Å². The normalized spacial score (nSPS) is 11.0. The number of carbonyl (C=O) groups excluding carboxylic acids is 2. The van der Waals surface area contributed by atoms with E-state index in [9.17, 15) is 9.59 Å². The first-order valence-electron chi connectivity index (χ1n) is 9.53. The Bertz CT molecular complexity index is 327. The van der Waals surface area contributed by atoms with Crippen LogP contribution in [0.25, 0.3) is 0 Å². The molecule has 0 aliphatic rings. The van der Waals surface area contributed by atoms with Gasteiger partial charge in [0, 0.05) is 31.6 Å². The molecule has 0 aliphatic carbocycles. The van der Waals surface area contributed by atoms with Crippen LogP contribution in [-0.2, 0) is 19.1 Å². The minimum atomic E-state index is 0.0462. The van der Waals surface area contributed by atoms with Gasteiger partial charge in [0.05, 0.1) is 13.2 Å². The van der Waals surface area contributed by atoms with Crippen molar-refractivity contribution in [1.82, 2.24) is 0 Å². The average Bonchev–Trinajstić information content (AvgIpc) is 2.57. The lowest BCUT2D eigenvalue weighted by Gasteiger charge is -2.05. The van der Waals surface area contributed by atoms with Crippen molar-refractivity contribution < 1.29 is 19.1 Å². The Morgan fingerprint density at radius 1 is 0.800 bits per heavy atom. The molecule has 0 fully saturated rings. The summed E-state index contributed by atoms with van der Waals surface area (Å²) in [4.78, 5) is 21.9. The summed E-state index contributed by atoms with van der Waals surface area (Å²) < 4.78 is 10.7. The summed E-state index contributed by atoms with van der Waals surface area (Å²) in [6.07, 6.45) is 11.6. The largest absolute Gasteiger partial charge is 0.379 e. The van der Waals surface area contributed by atoms with Crippen LogP contribution in [0, 0.1) is 0 Å². The van der Waals surface area contributed by atoms with E-state index in [1.165, 1.54) is 56.7 Å². The van der Waals surface area contributed by atoms with Gasteiger partial charge in [0.25, 0.3) is 0 Å². The first-order chi connectivity index (χ1) is 12.2. The molecule has 0 saturated carbocycles. The predicted octanol–water partition coefficient (Wildman–Crippen LogP) is 5.01. The fourth-order valence-electron chi connectivity index (χ4n) is 2.34. The minimum absolute atomic E-state index is 0.0462. The van der Waals surface area contributed by atoms with E-state index in [0.29, 0.717) is 25.5 Å². The molecule has 0 aromatic heterocycles. The number of hydrogen-bond acceptors (Lipinski definition) is 5.